The molecule has 21 heavy (non-hydrogen) atoms. The normalized spacial score (nSPS) is 10.4. The van der Waals surface area contributed by atoms with Crippen LogP contribution in [0.2, 0.25) is 0 Å². The van der Waals surface area contributed by atoms with Gasteiger partial charge in [-0.25, -0.2) is 9.48 Å². The van der Waals surface area contributed by atoms with Gasteiger partial charge in [0.05, 0.1) is 13.2 Å². The quantitative estimate of drug-likeness (QED) is 0.576. The van der Waals surface area contributed by atoms with E-state index in [4.69, 9.17) is 15.2 Å². The van der Waals surface area contributed by atoms with Gasteiger partial charge in [-0.2, -0.15) is 5.10 Å². The van der Waals surface area contributed by atoms with Crippen molar-refractivity contribution in [3.05, 3.63) is 5.56 Å². The number of hydrogen-bond acceptors (Lipinski definition) is 7. The molecule has 0 saturated carbocycles. The number of thioether (sulfide) groups is 1. The first-order valence-electron chi connectivity index (χ1n) is 6.86. The zero-order valence-corrected chi connectivity index (χ0v) is 13.4. The van der Waals surface area contributed by atoms with Crippen molar-refractivity contribution in [3.8, 4) is 0 Å². The molecule has 118 valence electrons. The number of rotatable bonds is 8. The maximum absolute atomic E-state index is 12.0. The lowest BCUT2D eigenvalue weighted by atomic mass is 10.3. The van der Waals surface area contributed by atoms with Crippen LogP contribution in [0.15, 0.2) is 5.03 Å². The molecule has 0 aliphatic heterocycles. The van der Waals surface area contributed by atoms with E-state index in [0.717, 1.165) is 12.2 Å². The second-order valence-electron chi connectivity index (χ2n) is 4.10. The van der Waals surface area contributed by atoms with E-state index in [2.05, 4.69) is 5.10 Å². The van der Waals surface area contributed by atoms with Gasteiger partial charge in [0.2, 0.25) is 0 Å². The molecule has 0 amide bonds. The van der Waals surface area contributed by atoms with Gasteiger partial charge in [-0.3, -0.25) is 4.79 Å². The first kappa shape index (κ1) is 17.4. The fraction of sp³-hybridized carbons (Fsp3) is 0.615. The number of hydrogen-bond donors (Lipinski definition) is 1. The summed E-state index contributed by atoms with van der Waals surface area (Å²) in [6.45, 7) is 5.86. The summed E-state index contributed by atoms with van der Waals surface area (Å²) in [6.07, 6.45) is 0.928. The standard InChI is InChI=1S/C13H21N3O4S/c1-4-7-21-12-10(13(18)20-6-3)11(14)16(15-12)8-9(17)19-5-2/h4-8,14H2,1-3H3. The van der Waals surface area contributed by atoms with Gasteiger partial charge in [0.1, 0.15) is 23.0 Å². The summed E-state index contributed by atoms with van der Waals surface area (Å²) >= 11 is 1.41. The van der Waals surface area contributed by atoms with E-state index in [0.29, 0.717) is 5.03 Å². The number of carbonyl (C=O) groups excluding carboxylic acids is 2. The van der Waals surface area contributed by atoms with Gasteiger partial charge < -0.3 is 15.2 Å². The smallest absolute Gasteiger partial charge is 0.344 e. The Labute approximate surface area is 128 Å². The van der Waals surface area contributed by atoms with Gasteiger partial charge in [0, 0.05) is 0 Å². The number of nitrogen functional groups attached to an aromatic ring is 1. The van der Waals surface area contributed by atoms with Gasteiger partial charge >= 0.3 is 11.9 Å². The SMILES string of the molecule is CCCSc1nn(CC(=O)OCC)c(N)c1C(=O)OCC. The third-order valence-electron chi connectivity index (χ3n) is 2.47. The second-order valence-corrected chi connectivity index (χ2v) is 5.18. The molecule has 1 heterocycles. The van der Waals surface area contributed by atoms with Crippen molar-refractivity contribution in [2.24, 2.45) is 0 Å². The lowest BCUT2D eigenvalue weighted by molar-refractivity contribution is -0.144. The molecule has 0 atom stereocenters. The van der Waals surface area contributed by atoms with E-state index in [-0.39, 0.29) is 31.1 Å². The van der Waals surface area contributed by atoms with Gasteiger partial charge in [-0.15, -0.1) is 11.8 Å². The van der Waals surface area contributed by atoms with Crippen molar-refractivity contribution in [2.45, 2.75) is 38.8 Å². The zero-order chi connectivity index (χ0) is 15.8. The number of nitrogens with two attached hydrogens (primary N) is 1. The van der Waals surface area contributed by atoms with Crippen LogP contribution in [0.4, 0.5) is 5.82 Å². The molecule has 0 radical (unpaired) electrons. The van der Waals surface area contributed by atoms with E-state index in [9.17, 15) is 9.59 Å². The number of anilines is 1. The first-order valence-corrected chi connectivity index (χ1v) is 7.85. The van der Waals surface area contributed by atoms with Crippen LogP contribution in [-0.4, -0.2) is 40.7 Å². The molecular weight excluding hydrogens is 294 g/mol. The molecule has 7 nitrogen and oxygen atoms in total. The molecule has 0 unspecified atom stereocenters. The molecule has 8 heteroatoms. The number of nitrogens with zero attached hydrogens (tertiary/aromatic N) is 2. The van der Waals surface area contributed by atoms with E-state index >= 15 is 0 Å². The van der Waals surface area contributed by atoms with Crippen molar-refractivity contribution in [1.29, 1.82) is 0 Å². The molecule has 0 aliphatic carbocycles. The fourth-order valence-electron chi connectivity index (χ4n) is 1.60. The highest BCUT2D eigenvalue weighted by Crippen LogP contribution is 2.27. The van der Waals surface area contributed by atoms with Gasteiger partial charge in [0.25, 0.3) is 0 Å². The Morgan fingerprint density at radius 2 is 1.90 bits per heavy atom. The Morgan fingerprint density at radius 3 is 2.48 bits per heavy atom. The molecule has 2 N–H and O–H groups in total. The third-order valence-corrected chi connectivity index (χ3v) is 3.64. The van der Waals surface area contributed by atoms with Crippen molar-refractivity contribution < 1.29 is 19.1 Å². The number of esters is 2. The Hall–Kier alpha value is -1.70. The van der Waals surface area contributed by atoms with Crippen LogP contribution in [0.1, 0.15) is 37.6 Å². The minimum atomic E-state index is -0.524. The summed E-state index contributed by atoms with van der Waals surface area (Å²) < 4.78 is 11.1. The predicted molar refractivity (Wildman–Crippen MR) is 80.2 cm³/mol. The first-order chi connectivity index (χ1) is 10.0. The summed E-state index contributed by atoms with van der Waals surface area (Å²) in [5.74, 6) is -0.0552. The van der Waals surface area contributed by atoms with Gasteiger partial charge in [0.15, 0.2) is 0 Å². The molecule has 1 aromatic rings. The van der Waals surface area contributed by atoms with Crippen molar-refractivity contribution >= 4 is 29.5 Å². The molecule has 0 saturated heterocycles. The van der Waals surface area contributed by atoms with Crippen molar-refractivity contribution in [1.82, 2.24) is 9.78 Å². The summed E-state index contributed by atoms with van der Waals surface area (Å²) in [5.41, 5.74) is 6.15. The monoisotopic (exact) mass is 315 g/mol. The Kier molecular flexibility index (Phi) is 7.07. The van der Waals surface area contributed by atoms with Crippen LogP contribution in [0.3, 0.4) is 0 Å². The Morgan fingerprint density at radius 1 is 1.24 bits per heavy atom. The molecule has 1 aromatic heterocycles. The number of aromatic nitrogens is 2. The topological polar surface area (TPSA) is 96.4 Å². The number of ether oxygens (including phenoxy) is 2. The van der Waals surface area contributed by atoms with Crippen LogP contribution >= 0.6 is 11.8 Å². The minimum absolute atomic E-state index is 0.125. The van der Waals surface area contributed by atoms with Gasteiger partial charge in [-0.05, 0) is 26.0 Å². The van der Waals surface area contributed by atoms with Gasteiger partial charge in [-0.1, -0.05) is 6.92 Å². The predicted octanol–water partition coefficient (Wildman–Crippen LogP) is 1.71. The Bertz CT molecular complexity index is 502. The van der Waals surface area contributed by atoms with Crippen molar-refractivity contribution in [2.75, 3.05) is 24.7 Å². The lowest BCUT2D eigenvalue weighted by Crippen LogP contribution is -2.17. The van der Waals surface area contributed by atoms with E-state index in [1.807, 2.05) is 6.92 Å². The molecule has 0 fully saturated rings. The average Bonchev–Trinajstić information content (AvgIpc) is 2.73. The van der Waals surface area contributed by atoms with Crippen LogP contribution < -0.4 is 5.73 Å². The fourth-order valence-corrected chi connectivity index (χ4v) is 2.48. The molecule has 1 rings (SSSR count). The van der Waals surface area contributed by atoms with Crippen LogP contribution in [0.5, 0.6) is 0 Å². The second kappa shape index (κ2) is 8.56. The molecule has 0 aliphatic rings. The third kappa shape index (κ3) is 4.66. The summed E-state index contributed by atoms with van der Waals surface area (Å²) in [4.78, 5) is 23.5. The van der Waals surface area contributed by atoms with Crippen LogP contribution in [0, 0.1) is 0 Å². The highest BCUT2D eigenvalue weighted by atomic mass is 32.2. The minimum Gasteiger partial charge on any atom is -0.465 e. The molecule has 0 spiro atoms. The zero-order valence-electron chi connectivity index (χ0n) is 12.5. The Balaban J connectivity index is 3.05. The van der Waals surface area contributed by atoms with E-state index < -0.39 is 11.9 Å². The highest BCUT2D eigenvalue weighted by Gasteiger charge is 2.24. The average molecular weight is 315 g/mol. The van der Waals surface area contributed by atoms with Crippen LogP contribution in [-0.2, 0) is 20.8 Å². The highest BCUT2D eigenvalue weighted by molar-refractivity contribution is 7.99. The van der Waals surface area contributed by atoms with Crippen LogP contribution in [0.25, 0.3) is 0 Å². The largest absolute Gasteiger partial charge is 0.465 e. The molecule has 0 aromatic carbocycles. The van der Waals surface area contributed by atoms with Crippen molar-refractivity contribution in [3.63, 3.8) is 0 Å². The summed E-state index contributed by atoms with van der Waals surface area (Å²) in [6, 6.07) is 0. The summed E-state index contributed by atoms with van der Waals surface area (Å²) in [5, 5.41) is 4.71. The lowest BCUT2D eigenvalue weighted by Gasteiger charge is -2.04. The summed E-state index contributed by atoms with van der Waals surface area (Å²) in [7, 11) is 0. The molecule has 0 bridgehead atoms. The maximum atomic E-state index is 12.0. The van der Waals surface area contributed by atoms with E-state index in [1.165, 1.54) is 16.4 Å². The maximum Gasteiger partial charge on any atom is 0.344 e. The number of carbonyl (C=O) groups is 2. The van der Waals surface area contributed by atoms with E-state index in [1.54, 1.807) is 13.8 Å². The molecular formula is C13H21N3O4S.